The van der Waals surface area contributed by atoms with E-state index < -0.39 is 0 Å². The third-order valence-electron chi connectivity index (χ3n) is 4.79. The van der Waals surface area contributed by atoms with E-state index in [0.717, 1.165) is 18.0 Å². The molecule has 1 unspecified atom stereocenters. The molecule has 1 aliphatic heterocycles. The number of quaternary nitrogens is 1. The monoisotopic (exact) mass is 404 g/mol. The summed E-state index contributed by atoms with van der Waals surface area (Å²) >= 11 is 7.18. The van der Waals surface area contributed by atoms with Crippen LogP contribution in [0.2, 0.25) is 0 Å². The van der Waals surface area contributed by atoms with Crippen molar-refractivity contribution in [3.8, 4) is 11.5 Å². The molecule has 1 fully saturated rings. The summed E-state index contributed by atoms with van der Waals surface area (Å²) in [6, 6.07) is 12.3. The lowest BCUT2D eigenvalue weighted by Gasteiger charge is -2.19. The molecule has 8 heteroatoms. The smallest absolute Gasteiger partial charge is 0.291 e. The Morgan fingerprint density at radius 1 is 1.30 bits per heavy atom. The Morgan fingerprint density at radius 3 is 2.85 bits per heavy atom. The van der Waals surface area contributed by atoms with Crippen LogP contribution in [0.3, 0.4) is 0 Å². The molecule has 6 nitrogen and oxygen atoms in total. The summed E-state index contributed by atoms with van der Waals surface area (Å²) in [4.78, 5) is 3.30. The molecule has 0 spiro atoms. The Labute approximate surface area is 166 Å². The quantitative estimate of drug-likeness (QED) is 0.613. The van der Waals surface area contributed by atoms with E-state index >= 15 is 0 Å². The van der Waals surface area contributed by atoms with Gasteiger partial charge in [0.1, 0.15) is 17.5 Å². The number of nitrogens with one attached hydrogen (secondary N) is 1. The summed E-state index contributed by atoms with van der Waals surface area (Å²) in [5.74, 6) is 2.01. The number of aromatic nitrogens is 2. The highest BCUT2D eigenvalue weighted by molar-refractivity contribution is 7.71. The summed E-state index contributed by atoms with van der Waals surface area (Å²) in [5, 5.41) is 6.66. The molecular weight excluding hydrogens is 382 g/mol. The van der Waals surface area contributed by atoms with Gasteiger partial charge < -0.3 is 18.8 Å². The number of hydrogen-bond donors (Lipinski definition) is 1. The molecule has 3 heterocycles. The van der Waals surface area contributed by atoms with E-state index in [1.54, 1.807) is 11.8 Å². The number of methoxy groups -OCH3 is 1. The Kier molecular flexibility index (Phi) is 5.56. The fourth-order valence-electron chi connectivity index (χ4n) is 3.45. The zero-order chi connectivity index (χ0) is 18.6. The van der Waals surface area contributed by atoms with Crippen LogP contribution in [0.5, 0.6) is 11.5 Å². The standard InChI is InChI=1S/C19H21N3O3S2/c1-23-14-6-8-15(9-7-14)24-12-18-20-22(19(26)25-18)13-21-10-2-4-16(21)17-5-3-11-27-17/h3,5-9,11,16H,2,4,10,12-13H2,1H3/p+1/t16-/m1/s1. The van der Waals surface area contributed by atoms with Gasteiger partial charge >= 0.3 is 0 Å². The van der Waals surface area contributed by atoms with Gasteiger partial charge in [0.15, 0.2) is 13.3 Å². The van der Waals surface area contributed by atoms with Gasteiger partial charge in [-0.1, -0.05) is 6.07 Å². The molecule has 2 aromatic heterocycles. The second kappa shape index (κ2) is 8.24. The van der Waals surface area contributed by atoms with E-state index in [1.807, 2.05) is 35.6 Å². The number of hydrogen-bond acceptors (Lipinski definition) is 6. The molecule has 0 bridgehead atoms. The first-order valence-corrected chi connectivity index (χ1v) is 10.2. The first kappa shape index (κ1) is 18.2. The highest BCUT2D eigenvalue weighted by Crippen LogP contribution is 2.23. The molecule has 27 heavy (non-hydrogen) atoms. The fraction of sp³-hybridized carbons (Fsp3) is 0.368. The van der Waals surface area contributed by atoms with Crippen LogP contribution in [0.4, 0.5) is 0 Å². The minimum Gasteiger partial charge on any atom is -0.497 e. The van der Waals surface area contributed by atoms with Crippen LogP contribution >= 0.6 is 23.6 Å². The molecule has 1 N–H and O–H groups in total. The molecule has 1 aliphatic rings. The first-order chi connectivity index (χ1) is 13.2. The summed E-state index contributed by atoms with van der Waals surface area (Å²) in [5.41, 5.74) is 0. The Balaban J connectivity index is 1.40. The highest BCUT2D eigenvalue weighted by Gasteiger charge is 2.31. The van der Waals surface area contributed by atoms with E-state index in [0.29, 0.717) is 23.4 Å². The van der Waals surface area contributed by atoms with Crippen LogP contribution in [0, 0.1) is 4.84 Å². The number of thiophene rings is 1. The molecule has 1 aromatic carbocycles. The van der Waals surface area contributed by atoms with Crippen molar-refractivity contribution >= 4 is 23.6 Å². The van der Waals surface area contributed by atoms with E-state index in [9.17, 15) is 0 Å². The van der Waals surface area contributed by atoms with Crippen molar-refractivity contribution in [1.82, 2.24) is 9.78 Å². The molecule has 0 radical (unpaired) electrons. The van der Waals surface area contributed by atoms with Gasteiger partial charge in [-0.05, 0) is 47.9 Å². The van der Waals surface area contributed by atoms with Crippen LogP contribution in [0.1, 0.15) is 29.7 Å². The van der Waals surface area contributed by atoms with Crippen molar-refractivity contribution in [1.29, 1.82) is 0 Å². The normalized spacial score (nSPS) is 19.3. The Hall–Kier alpha value is -2.16. The van der Waals surface area contributed by atoms with Crippen molar-refractivity contribution in [3.63, 3.8) is 0 Å². The maximum absolute atomic E-state index is 5.73. The minimum absolute atomic E-state index is 0.243. The topological polar surface area (TPSA) is 53.9 Å². The van der Waals surface area contributed by atoms with Gasteiger partial charge in [0.2, 0.25) is 0 Å². The van der Waals surface area contributed by atoms with E-state index in [-0.39, 0.29) is 6.61 Å². The lowest BCUT2D eigenvalue weighted by atomic mass is 10.2. The largest absolute Gasteiger partial charge is 0.497 e. The molecule has 0 saturated carbocycles. The predicted octanol–water partition coefficient (Wildman–Crippen LogP) is 3.23. The number of ether oxygens (including phenoxy) is 2. The Morgan fingerprint density at radius 2 is 2.11 bits per heavy atom. The molecule has 142 valence electrons. The van der Waals surface area contributed by atoms with Crippen LogP contribution in [0.15, 0.2) is 46.2 Å². The molecule has 0 amide bonds. The van der Waals surface area contributed by atoms with Crippen molar-refractivity contribution < 1.29 is 18.8 Å². The van der Waals surface area contributed by atoms with Gasteiger partial charge in [0, 0.05) is 12.8 Å². The number of likely N-dealkylation sites (tertiary alicyclic amines) is 1. The first-order valence-electron chi connectivity index (χ1n) is 8.94. The molecule has 0 aliphatic carbocycles. The predicted molar refractivity (Wildman–Crippen MR) is 105 cm³/mol. The molecule has 2 atom stereocenters. The zero-order valence-corrected chi connectivity index (χ0v) is 16.7. The average Bonchev–Trinajstić information content (AvgIpc) is 3.42. The fourth-order valence-corrected chi connectivity index (χ4v) is 4.57. The van der Waals surface area contributed by atoms with Crippen LogP contribution in [0.25, 0.3) is 0 Å². The molecule has 1 saturated heterocycles. The van der Waals surface area contributed by atoms with Crippen LogP contribution in [-0.2, 0) is 13.3 Å². The van der Waals surface area contributed by atoms with E-state index in [1.165, 1.54) is 22.6 Å². The number of benzene rings is 1. The lowest BCUT2D eigenvalue weighted by molar-refractivity contribution is -0.941. The third kappa shape index (κ3) is 4.23. The van der Waals surface area contributed by atoms with Crippen molar-refractivity contribution in [2.45, 2.75) is 32.2 Å². The van der Waals surface area contributed by atoms with Crippen LogP contribution < -0.4 is 14.4 Å². The van der Waals surface area contributed by atoms with Crippen molar-refractivity contribution in [2.24, 2.45) is 0 Å². The van der Waals surface area contributed by atoms with Gasteiger partial charge in [-0.25, -0.2) is 0 Å². The molecule has 4 rings (SSSR count). The van der Waals surface area contributed by atoms with Gasteiger partial charge in [0.25, 0.3) is 10.7 Å². The van der Waals surface area contributed by atoms with Gasteiger partial charge in [0.05, 0.1) is 18.5 Å². The average molecular weight is 405 g/mol. The lowest BCUT2D eigenvalue weighted by Crippen LogP contribution is -3.09. The van der Waals surface area contributed by atoms with Gasteiger partial charge in [-0.3, -0.25) is 0 Å². The van der Waals surface area contributed by atoms with Crippen LogP contribution in [-0.4, -0.2) is 23.4 Å². The van der Waals surface area contributed by atoms with E-state index in [4.69, 9.17) is 26.1 Å². The maximum Gasteiger partial charge on any atom is 0.291 e. The van der Waals surface area contributed by atoms with Crippen molar-refractivity contribution in [2.75, 3.05) is 13.7 Å². The van der Waals surface area contributed by atoms with Gasteiger partial charge in [-0.15, -0.1) is 16.4 Å². The second-order valence-corrected chi connectivity index (χ2v) is 7.83. The summed E-state index contributed by atoms with van der Waals surface area (Å²) in [7, 11) is 1.64. The Bertz CT molecular complexity index is 919. The number of rotatable bonds is 7. The third-order valence-corrected chi connectivity index (χ3v) is 6.07. The SMILES string of the molecule is COc1ccc(OCc2nn(C[NH+]3CCC[C@@H]3c3cccs3)c(=S)o2)cc1. The van der Waals surface area contributed by atoms with Crippen molar-refractivity contribution in [3.05, 3.63) is 57.4 Å². The minimum atomic E-state index is 0.243. The maximum atomic E-state index is 5.73. The zero-order valence-electron chi connectivity index (χ0n) is 15.1. The van der Waals surface area contributed by atoms with Gasteiger partial charge in [-0.2, -0.15) is 4.68 Å². The number of nitrogens with zero attached hydrogens (tertiary/aromatic N) is 2. The molecular formula is C19H22N3O3S2+. The molecule has 3 aromatic rings. The highest BCUT2D eigenvalue weighted by atomic mass is 32.1. The summed E-state index contributed by atoms with van der Waals surface area (Å²) in [6.07, 6.45) is 2.42. The second-order valence-electron chi connectivity index (χ2n) is 6.50. The van der Waals surface area contributed by atoms with E-state index in [2.05, 4.69) is 22.6 Å². The summed E-state index contributed by atoms with van der Waals surface area (Å²) in [6.45, 7) is 2.08. The summed E-state index contributed by atoms with van der Waals surface area (Å²) < 4.78 is 18.3.